The Morgan fingerprint density at radius 1 is 1.50 bits per heavy atom. The fraction of sp³-hybridized carbons (Fsp3) is 0. The van der Waals surface area contributed by atoms with Gasteiger partial charge in [0.1, 0.15) is 0 Å². The second-order valence-electron chi connectivity index (χ2n) is 0. The van der Waals surface area contributed by atoms with Gasteiger partial charge < -0.3 is 3.52 Å². The van der Waals surface area contributed by atoms with Gasteiger partial charge in [-0.3, -0.25) is 0 Å². The standard InChI is InChI=1S/2Al.FH.O.3H/h;;1H;;;;/q;+1;;;;;/p-1. The second kappa shape index (κ2) is 46.9. The van der Waals surface area contributed by atoms with Crippen LogP contribution >= 0.6 is 0 Å². The van der Waals surface area contributed by atoms with Crippen LogP contribution in [0.4, 0.5) is 3.52 Å². The van der Waals surface area contributed by atoms with E-state index in [1.54, 1.807) is 0 Å². The van der Waals surface area contributed by atoms with Crippen molar-refractivity contribution in [3.63, 3.8) is 0 Å². The zero-order valence-corrected chi connectivity index (χ0v) is 5.91. The second-order valence-corrected chi connectivity index (χ2v) is 0. The zero-order valence-electron chi connectivity index (χ0n) is 2.49. The number of hydrogen-bond donors (Lipinski definition) is 0. The average Bonchev–Trinajstić information content (AvgIpc) is 1.50. The van der Waals surface area contributed by atoms with Gasteiger partial charge in [-0.15, -0.1) is 0 Å². The predicted octanol–water partition coefficient (Wildman–Crippen LogP) is -1.26. The van der Waals surface area contributed by atoms with Crippen LogP contribution in [-0.4, -0.2) is 33.0 Å². The van der Waals surface area contributed by atoms with Crippen molar-refractivity contribution in [2.24, 2.45) is 0 Å². The molecule has 0 fully saturated rings. The van der Waals surface area contributed by atoms with E-state index < -0.39 is 0 Å². The van der Waals surface area contributed by atoms with Crippen LogP contribution in [0.15, 0.2) is 0 Å². The van der Waals surface area contributed by atoms with Crippen LogP contribution in [0.5, 0.6) is 0 Å². The maximum absolute atomic E-state index is 9.64. The summed E-state index contributed by atoms with van der Waals surface area (Å²) in [6, 6.07) is 0. The summed E-state index contributed by atoms with van der Waals surface area (Å²) in [6.07, 6.45) is 0. The molecular formula is H3Al2FO. The fourth-order valence-electron chi connectivity index (χ4n) is 0. The summed E-state index contributed by atoms with van der Waals surface area (Å²) in [5, 5.41) is 0. The first-order valence-corrected chi connectivity index (χ1v) is 2.00. The Hall–Kier alpha value is 0.795. The van der Waals surface area contributed by atoms with Crippen molar-refractivity contribution in [3.05, 3.63) is 0 Å². The Balaban J connectivity index is 0. The third-order valence-corrected chi connectivity index (χ3v) is 0. The van der Waals surface area contributed by atoms with Gasteiger partial charge in [0.2, 0.25) is 0 Å². The number of halogens is 1. The molecule has 0 aliphatic carbocycles. The first-order valence-electron chi connectivity index (χ1n) is 0.667. The molecule has 0 aromatic heterocycles. The van der Waals surface area contributed by atoms with E-state index in [-0.39, 0.29) is 16.7 Å². The molecule has 0 aliphatic rings. The topological polar surface area (TPSA) is 17.1 Å². The molecule has 0 radical (unpaired) electrons. The van der Waals surface area contributed by atoms with Gasteiger partial charge in [-0.1, -0.05) is 0 Å². The van der Waals surface area contributed by atoms with E-state index in [0.717, 1.165) is 0 Å². The Morgan fingerprint density at radius 3 is 1.50 bits per heavy atom. The normalized spacial score (nSPS) is 2.00. The van der Waals surface area contributed by atoms with E-state index in [2.05, 4.69) is 0 Å². The monoisotopic (exact) mass is 92.0 g/mol. The first kappa shape index (κ1) is 8.84. The van der Waals surface area contributed by atoms with Crippen molar-refractivity contribution >= 4 is 33.0 Å². The van der Waals surface area contributed by atoms with Gasteiger partial charge in [0.15, 0.2) is 0 Å². The number of hydrogen-bond acceptors (Lipinski definition) is 1. The van der Waals surface area contributed by atoms with Gasteiger partial charge in [0.25, 0.3) is 0 Å². The predicted molar refractivity (Wildman–Crippen MR) is 17.5 cm³/mol. The van der Waals surface area contributed by atoms with E-state index in [4.69, 9.17) is 3.80 Å². The molecule has 4 heteroatoms. The first-order chi connectivity index (χ1) is 2.00. The molecule has 0 aromatic carbocycles. The summed E-state index contributed by atoms with van der Waals surface area (Å²) in [7, 11) is 0. The van der Waals surface area contributed by atoms with E-state index in [9.17, 15) is 3.52 Å². The molecule has 0 amide bonds. The summed E-state index contributed by atoms with van der Waals surface area (Å²) in [5.41, 5.74) is 0. The van der Waals surface area contributed by atoms with Crippen LogP contribution in [0.1, 0.15) is 0 Å². The van der Waals surface area contributed by atoms with E-state index in [1.165, 1.54) is 0 Å². The summed E-state index contributed by atoms with van der Waals surface area (Å²) in [4.78, 5) is 0. The van der Waals surface area contributed by atoms with E-state index in [1.807, 2.05) is 0 Å². The van der Waals surface area contributed by atoms with Crippen molar-refractivity contribution < 1.29 is 7.33 Å². The Kier molecular flexibility index (Phi) is 104. The molecule has 22 valence electrons. The molecule has 0 N–H and O–H groups in total. The Morgan fingerprint density at radius 2 is 1.50 bits per heavy atom. The minimum atomic E-state index is -0.194. The molecule has 0 saturated heterocycles. The van der Waals surface area contributed by atoms with Crippen LogP contribution in [0.25, 0.3) is 0 Å². The van der Waals surface area contributed by atoms with Gasteiger partial charge in [0, 0.05) is 0 Å². The van der Waals surface area contributed by atoms with Gasteiger partial charge in [0.05, 0.1) is 0 Å². The quantitative estimate of drug-likeness (QED) is 0.341. The maximum atomic E-state index is 9.64. The van der Waals surface area contributed by atoms with Crippen LogP contribution in [-0.2, 0) is 3.80 Å². The number of rotatable bonds is 0. The van der Waals surface area contributed by atoms with Crippen LogP contribution in [0, 0.1) is 0 Å². The minimum absolute atomic E-state index is 0.194. The molecule has 0 saturated carbocycles. The molecule has 4 heavy (non-hydrogen) atoms. The summed E-state index contributed by atoms with van der Waals surface area (Å²) < 4.78 is 17.9. The van der Waals surface area contributed by atoms with Crippen LogP contribution in [0.3, 0.4) is 0 Å². The van der Waals surface area contributed by atoms with Crippen molar-refractivity contribution in [2.75, 3.05) is 0 Å². The molecule has 0 unspecified atom stereocenters. The summed E-state index contributed by atoms with van der Waals surface area (Å²) >= 11 is 0.417. The SMILES string of the molecule is [F][AlH2].[O]=[AlH]. The molecule has 0 atom stereocenters. The summed E-state index contributed by atoms with van der Waals surface area (Å²) in [6.45, 7) is 0. The van der Waals surface area contributed by atoms with Crippen molar-refractivity contribution in [3.8, 4) is 0 Å². The molecule has 0 heterocycles. The summed E-state index contributed by atoms with van der Waals surface area (Å²) in [5.74, 6) is 0. The fourth-order valence-corrected chi connectivity index (χ4v) is 0. The molecule has 0 spiro atoms. The third kappa shape index (κ3) is 14.2. The molecule has 0 bridgehead atoms. The Bertz CT molecular complexity index is 6.00. The zero-order chi connectivity index (χ0) is 4.00. The van der Waals surface area contributed by atoms with Crippen molar-refractivity contribution in [1.29, 1.82) is 0 Å². The molecule has 0 aromatic rings. The molecule has 0 aliphatic heterocycles. The van der Waals surface area contributed by atoms with Gasteiger partial charge in [-0.05, 0) is 0 Å². The van der Waals surface area contributed by atoms with Crippen LogP contribution in [0.2, 0.25) is 0 Å². The van der Waals surface area contributed by atoms with E-state index in [0.29, 0.717) is 16.2 Å². The van der Waals surface area contributed by atoms with Gasteiger partial charge in [-0.2, -0.15) is 0 Å². The van der Waals surface area contributed by atoms with Gasteiger partial charge in [-0.25, -0.2) is 0 Å². The third-order valence-electron chi connectivity index (χ3n) is 0. The van der Waals surface area contributed by atoms with Gasteiger partial charge >= 0.3 is 36.8 Å². The molecular weight excluding hydrogens is 89.0 g/mol. The van der Waals surface area contributed by atoms with Crippen molar-refractivity contribution in [2.45, 2.75) is 0 Å². The molecule has 1 nitrogen and oxygen atoms in total. The molecule has 0 rings (SSSR count). The van der Waals surface area contributed by atoms with E-state index >= 15 is 0 Å². The Labute approximate surface area is 40.7 Å². The average molecular weight is 92.0 g/mol. The van der Waals surface area contributed by atoms with Crippen LogP contribution < -0.4 is 0 Å². The van der Waals surface area contributed by atoms with Crippen molar-refractivity contribution in [1.82, 2.24) is 0 Å².